The third kappa shape index (κ3) is 4.61. The molecule has 0 radical (unpaired) electrons. The maximum absolute atomic E-state index is 12.9. The topological polar surface area (TPSA) is 21.3 Å². The molecular formula is C14H21F2NO. The minimum Gasteiger partial charge on any atom is -0.491 e. The molecule has 0 saturated carbocycles. The zero-order valence-electron chi connectivity index (χ0n) is 11.1. The molecule has 0 aliphatic heterocycles. The first kappa shape index (κ1) is 14.9. The number of halogens is 2. The molecule has 1 unspecified atom stereocenters. The highest BCUT2D eigenvalue weighted by Gasteiger charge is 2.21. The van der Waals surface area contributed by atoms with Crippen molar-refractivity contribution in [3.8, 4) is 5.75 Å². The standard InChI is InChI=1S/C14H21F2NO/c1-4-9-17-13(14(15)16)11-5-7-12(8-6-11)18-10(2)3/h5-8,10,13-14,17H,4,9H2,1-3H3. The van der Waals surface area contributed by atoms with Gasteiger partial charge in [-0.1, -0.05) is 19.1 Å². The zero-order valence-corrected chi connectivity index (χ0v) is 11.1. The predicted octanol–water partition coefficient (Wildman–Crippen LogP) is 3.78. The average molecular weight is 257 g/mol. The minimum absolute atomic E-state index is 0.0833. The van der Waals surface area contributed by atoms with E-state index in [2.05, 4.69) is 5.32 Å². The number of hydrogen-bond donors (Lipinski definition) is 1. The van der Waals surface area contributed by atoms with Crippen molar-refractivity contribution in [2.24, 2.45) is 0 Å². The van der Waals surface area contributed by atoms with Crippen LogP contribution in [0.25, 0.3) is 0 Å². The number of ether oxygens (including phenoxy) is 1. The van der Waals surface area contributed by atoms with Gasteiger partial charge in [0, 0.05) is 0 Å². The van der Waals surface area contributed by atoms with Crippen molar-refractivity contribution in [3.63, 3.8) is 0 Å². The van der Waals surface area contributed by atoms with Gasteiger partial charge in [0.2, 0.25) is 0 Å². The van der Waals surface area contributed by atoms with Gasteiger partial charge in [0.05, 0.1) is 12.1 Å². The molecule has 2 nitrogen and oxygen atoms in total. The molecule has 0 aromatic heterocycles. The lowest BCUT2D eigenvalue weighted by molar-refractivity contribution is 0.0984. The van der Waals surface area contributed by atoms with Crippen LogP contribution in [0.5, 0.6) is 5.75 Å². The molecule has 4 heteroatoms. The van der Waals surface area contributed by atoms with E-state index in [1.54, 1.807) is 24.3 Å². The molecule has 1 aromatic rings. The SMILES string of the molecule is CCCNC(c1ccc(OC(C)C)cc1)C(F)F. The number of benzene rings is 1. The minimum atomic E-state index is -2.41. The van der Waals surface area contributed by atoms with Crippen molar-refractivity contribution in [1.82, 2.24) is 5.32 Å². The fraction of sp³-hybridized carbons (Fsp3) is 0.571. The average Bonchev–Trinajstić information content (AvgIpc) is 2.30. The molecular weight excluding hydrogens is 236 g/mol. The Morgan fingerprint density at radius 3 is 2.22 bits per heavy atom. The summed E-state index contributed by atoms with van der Waals surface area (Å²) in [7, 11) is 0. The van der Waals surface area contributed by atoms with Crippen LogP contribution in [0.1, 0.15) is 38.8 Å². The molecule has 0 amide bonds. The summed E-state index contributed by atoms with van der Waals surface area (Å²) in [5, 5.41) is 2.85. The largest absolute Gasteiger partial charge is 0.491 e. The second kappa shape index (κ2) is 7.31. The van der Waals surface area contributed by atoms with Crippen molar-refractivity contribution in [2.75, 3.05) is 6.54 Å². The molecule has 1 rings (SSSR count). The summed E-state index contributed by atoms with van der Waals surface area (Å²) in [6.45, 7) is 6.39. The number of rotatable bonds is 7. The second-order valence-electron chi connectivity index (χ2n) is 4.50. The van der Waals surface area contributed by atoms with Gasteiger partial charge < -0.3 is 10.1 Å². The summed E-state index contributed by atoms with van der Waals surface area (Å²) >= 11 is 0. The van der Waals surface area contributed by atoms with Crippen LogP contribution in [0.3, 0.4) is 0 Å². The highest BCUT2D eigenvalue weighted by molar-refractivity contribution is 5.29. The van der Waals surface area contributed by atoms with Crippen LogP contribution >= 0.6 is 0 Å². The van der Waals surface area contributed by atoms with E-state index in [4.69, 9.17) is 4.74 Å². The van der Waals surface area contributed by atoms with Crippen molar-refractivity contribution >= 4 is 0 Å². The highest BCUT2D eigenvalue weighted by Crippen LogP contribution is 2.23. The van der Waals surface area contributed by atoms with Crippen molar-refractivity contribution in [1.29, 1.82) is 0 Å². The predicted molar refractivity (Wildman–Crippen MR) is 69.2 cm³/mol. The first-order chi connectivity index (χ1) is 8.54. The Bertz CT molecular complexity index is 338. The van der Waals surface area contributed by atoms with E-state index in [-0.39, 0.29) is 6.10 Å². The van der Waals surface area contributed by atoms with Crippen molar-refractivity contribution in [2.45, 2.75) is 45.8 Å². The van der Waals surface area contributed by atoms with Gasteiger partial charge in [0.15, 0.2) is 0 Å². The Kier molecular flexibility index (Phi) is 6.05. The van der Waals surface area contributed by atoms with E-state index in [1.807, 2.05) is 20.8 Å². The molecule has 102 valence electrons. The lowest BCUT2D eigenvalue weighted by atomic mass is 10.1. The van der Waals surface area contributed by atoms with Gasteiger partial charge in [-0.15, -0.1) is 0 Å². The van der Waals surface area contributed by atoms with Crippen LogP contribution in [-0.4, -0.2) is 19.1 Å². The number of alkyl halides is 2. The van der Waals surface area contributed by atoms with Gasteiger partial charge in [-0.05, 0) is 44.5 Å². The van der Waals surface area contributed by atoms with Crippen LogP contribution in [0, 0.1) is 0 Å². The molecule has 0 aliphatic carbocycles. The maximum atomic E-state index is 12.9. The molecule has 0 saturated heterocycles. The first-order valence-corrected chi connectivity index (χ1v) is 6.32. The quantitative estimate of drug-likeness (QED) is 0.802. The summed E-state index contributed by atoms with van der Waals surface area (Å²) in [6.07, 6.45) is -1.49. The van der Waals surface area contributed by atoms with E-state index < -0.39 is 12.5 Å². The van der Waals surface area contributed by atoms with E-state index in [0.29, 0.717) is 17.9 Å². The molecule has 1 atom stereocenters. The molecule has 0 bridgehead atoms. The van der Waals surface area contributed by atoms with E-state index in [1.165, 1.54) is 0 Å². The van der Waals surface area contributed by atoms with Crippen LogP contribution < -0.4 is 10.1 Å². The Morgan fingerprint density at radius 2 is 1.78 bits per heavy atom. The van der Waals surface area contributed by atoms with Crippen LogP contribution in [0.15, 0.2) is 24.3 Å². The fourth-order valence-corrected chi connectivity index (χ4v) is 1.68. The molecule has 0 fully saturated rings. The Labute approximate surface area is 107 Å². The second-order valence-corrected chi connectivity index (χ2v) is 4.50. The summed E-state index contributed by atoms with van der Waals surface area (Å²) in [5.41, 5.74) is 0.592. The molecule has 0 spiro atoms. The van der Waals surface area contributed by atoms with E-state index in [9.17, 15) is 8.78 Å². The lowest BCUT2D eigenvalue weighted by Gasteiger charge is -2.18. The molecule has 0 heterocycles. The van der Waals surface area contributed by atoms with Gasteiger partial charge in [-0.25, -0.2) is 8.78 Å². The fourth-order valence-electron chi connectivity index (χ4n) is 1.68. The smallest absolute Gasteiger partial charge is 0.257 e. The maximum Gasteiger partial charge on any atom is 0.257 e. The Hall–Kier alpha value is -1.16. The van der Waals surface area contributed by atoms with Crippen LogP contribution in [0.4, 0.5) is 8.78 Å². The number of hydrogen-bond acceptors (Lipinski definition) is 2. The third-order valence-corrected chi connectivity index (χ3v) is 2.48. The summed E-state index contributed by atoms with van der Waals surface area (Å²) in [5.74, 6) is 0.706. The third-order valence-electron chi connectivity index (χ3n) is 2.48. The van der Waals surface area contributed by atoms with Gasteiger partial charge in [-0.2, -0.15) is 0 Å². The van der Waals surface area contributed by atoms with Crippen molar-refractivity contribution < 1.29 is 13.5 Å². The van der Waals surface area contributed by atoms with Gasteiger partial charge in [0.1, 0.15) is 5.75 Å². The molecule has 0 aliphatic rings. The van der Waals surface area contributed by atoms with Crippen LogP contribution in [0.2, 0.25) is 0 Å². The van der Waals surface area contributed by atoms with Gasteiger partial charge >= 0.3 is 0 Å². The Balaban J connectivity index is 2.73. The molecule has 1 N–H and O–H groups in total. The van der Waals surface area contributed by atoms with Crippen molar-refractivity contribution in [3.05, 3.63) is 29.8 Å². The zero-order chi connectivity index (χ0) is 13.5. The Morgan fingerprint density at radius 1 is 1.17 bits per heavy atom. The number of nitrogens with one attached hydrogen (secondary N) is 1. The van der Waals surface area contributed by atoms with Gasteiger partial charge in [-0.3, -0.25) is 0 Å². The normalized spacial score (nSPS) is 13.1. The monoisotopic (exact) mass is 257 g/mol. The summed E-state index contributed by atoms with van der Waals surface area (Å²) < 4.78 is 31.3. The van der Waals surface area contributed by atoms with Crippen LogP contribution in [-0.2, 0) is 0 Å². The lowest BCUT2D eigenvalue weighted by Crippen LogP contribution is -2.27. The van der Waals surface area contributed by atoms with E-state index >= 15 is 0 Å². The summed E-state index contributed by atoms with van der Waals surface area (Å²) in [4.78, 5) is 0. The first-order valence-electron chi connectivity index (χ1n) is 6.32. The molecule has 1 aromatic carbocycles. The molecule has 18 heavy (non-hydrogen) atoms. The highest BCUT2D eigenvalue weighted by atomic mass is 19.3. The van der Waals surface area contributed by atoms with E-state index in [0.717, 1.165) is 6.42 Å². The van der Waals surface area contributed by atoms with Gasteiger partial charge in [0.25, 0.3) is 6.43 Å². The summed E-state index contributed by atoms with van der Waals surface area (Å²) in [6, 6.07) is 5.95.